The van der Waals surface area contributed by atoms with Crippen LogP contribution in [0.4, 0.5) is 0 Å². The Morgan fingerprint density at radius 1 is 0.667 bits per heavy atom. The molecule has 0 aliphatic rings. The topological polar surface area (TPSA) is 0 Å². The molecule has 0 bridgehead atoms. The van der Waals surface area contributed by atoms with Gasteiger partial charge >= 0.3 is 0 Å². The van der Waals surface area contributed by atoms with E-state index in [0.717, 1.165) is 0 Å². The van der Waals surface area contributed by atoms with Crippen LogP contribution in [0.1, 0.15) is 104 Å². The third-order valence-corrected chi connectivity index (χ3v) is 3.73. The lowest BCUT2D eigenvalue weighted by Gasteiger charge is -2.02. The minimum atomic E-state index is 1.31. The van der Waals surface area contributed by atoms with Crippen LogP contribution in [-0.2, 0) is 0 Å². The molecule has 108 valence electrons. The SMILES string of the molecule is CCCCCCCC=C(C)CCCCCCCC. The molecule has 0 N–H and O–H groups in total. The van der Waals surface area contributed by atoms with Gasteiger partial charge in [0.25, 0.3) is 0 Å². The summed E-state index contributed by atoms with van der Waals surface area (Å²) in [5.74, 6) is 0. The van der Waals surface area contributed by atoms with Gasteiger partial charge in [-0.2, -0.15) is 0 Å². The maximum atomic E-state index is 2.48. The molecule has 0 nitrogen and oxygen atoms in total. The fraction of sp³-hybridized carbons (Fsp3) is 0.889. The Labute approximate surface area is 116 Å². The van der Waals surface area contributed by atoms with E-state index < -0.39 is 0 Å². The van der Waals surface area contributed by atoms with E-state index >= 15 is 0 Å². The van der Waals surface area contributed by atoms with E-state index in [9.17, 15) is 0 Å². The van der Waals surface area contributed by atoms with Crippen LogP contribution >= 0.6 is 0 Å². The first-order valence-electron chi connectivity index (χ1n) is 8.46. The van der Waals surface area contributed by atoms with Gasteiger partial charge in [0.2, 0.25) is 0 Å². The second-order valence-electron chi connectivity index (χ2n) is 5.77. The second-order valence-corrected chi connectivity index (χ2v) is 5.77. The summed E-state index contributed by atoms with van der Waals surface area (Å²) in [5.41, 5.74) is 1.63. The van der Waals surface area contributed by atoms with Crippen LogP contribution in [0.2, 0.25) is 0 Å². The fourth-order valence-electron chi connectivity index (χ4n) is 2.38. The van der Waals surface area contributed by atoms with Crippen molar-refractivity contribution in [1.29, 1.82) is 0 Å². The molecular formula is C18H36. The van der Waals surface area contributed by atoms with Crippen molar-refractivity contribution in [2.75, 3.05) is 0 Å². The first-order valence-corrected chi connectivity index (χ1v) is 8.46. The molecule has 0 heterocycles. The van der Waals surface area contributed by atoms with Crippen molar-refractivity contribution >= 4 is 0 Å². The maximum absolute atomic E-state index is 2.48. The maximum Gasteiger partial charge on any atom is -0.0323 e. The van der Waals surface area contributed by atoms with Gasteiger partial charge in [0, 0.05) is 0 Å². The average Bonchev–Trinajstić information content (AvgIpc) is 2.38. The van der Waals surface area contributed by atoms with Crippen LogP contribution in [-0.4, -0.2) is 0 Å². The summed E-state index contributed by atoms with van der Waals surface area (Å²) >= 11 is 0. The number of rotatable bonds is 13. The van der Waals surface area contributed by atoms with Gasteiger partial charge in [0.15, 0.2) is 0 Å². The Kier molecular flexibility index (Phi) is 14.6. The molecule has 0 atom stereocenters. The van der Waals surface area contributed by atoms with Gasteiger partial charge in [-0.3, -0.25) is 0 Å². The van der Waals surface area contributed by atoms with Crippen molar-refractivity contribution in [2.45, 2.75) is 104 Å². The predicted octanol–water partition coefficient (Wildman–Crippen LogP) is 7.04. The van der Waals surface area contributed by atoms with E-state index in [1.165, 1.54) is 83.5 Å². The first kappa shape index (κ1) is 17.7. The summed E-state index contributed by atoms with van der Waals surface area (Å²) in [5, 5.41) is 0. The summed E-state index contributed by atoms with van der Waals surface area (Å²) in [6.45, 7) is 6.88. The highest BCUT2D eigenvalue weighted by Crippen LogP contribution is 2.13. The monoisotopic (exact) mass is 252 g/mol. The molecule has 0 spiro atoms. The Morgan fingerprint density at radius 3 is 1.78 bits per heavy atom. The van der Waals surface area contributed by atoms with Crippen LogP contribution in [0.15, 0.2) is 11.6 Å². The summed E-state index contributed by atoms with van der Waals surface area (Å²) in [7, 11) is 0. The third-order valence-electron chi connectivity index (χ3n) is 3.73. The highest BCUT2D eigenvalue weighted by atomic mass is 14.0. The summed E-state index contributed by atoms with van der Waals surface area (Å²) in [4.78, 5) is 0. The largest absolute Gasteiger partial charge is 0.0856 e. The molecular weight excluding hydrogens is 216 g/mol. The molecule has 0 radical (unpaired) electrons. The van der Waals surface area contributed by atoms with Gasteiger partial charge in [-0.05, 0) is 32.6 Å². The number of unbranched alkanes of at least 4 members (excludes halogenated alkanes) is 10. The lowest BCUT2D eigenvalue weighted by Crippen LogP contribution is -1.82. The Hall–Kier alpha value is -0.260. The lowest BCUT2D eigenvalue weighted by molar-refractivity contribution is 0.604. The molecule has 0 saturated carbocycles. The molecule has 0 aromatic carbocycles. The van der Waals surface area contributed by atoms with Gasteiger partial charge in [0.05, 0.1) is 0 Å². The van der Waals surface area contributed by atoms with Crippen molar-refractivity contribution in [3.63, 3.8) is 0 Å². The normalized spacial score (nSPS) is 12.1. The minimum absolute atomic E-state index is 1.31. The lowest BCUT2D eigenvalue weighted by atomic mass is 10.0. The zero-order valence-electron chi connectivity index (χ0n) is 13.3. The quantitative estimate of drug-likeness (QED) is 0.243. The minimum Gasteiger partial charge on any atom is -0.0856 e. The third kappa shape index (κ3) is 13.8. The zero-order valence-corrected chi connectivity index (χ0v) is 13.3. The van der Waals surface area contributed by atoms with Crippen LogP contribution in [0.3, 0.4) is 0 Å². The molecule has 0 heteroatoms. The molecule has 0 amide bonds. The van der Waals surface area contributed by atoms with E-state index in [1.807, 2.05) is 0 Å². The van der Waals surface area contributed by atoms with E-state index in [1.54, 1.807) is 5.57 Å². The Bertz CT molecular complexity index is 178. The molecule has 0 saturated heterocycles. The predicted molar refractivity (Wildman–Crippen MR) is 85.1 cm³/mol. The van der Waals surface area contributed by atoms with Gasteiger partial charge in [-0.15, -0.1) is 0 Å². The Balaban J connectivity index is 3.26. The van der Waals surface area contributed by atoms with E-state index in [4.69, 9.17) is 0 Å². The van der Waals surface area contributed by atoms with Gasteiger partial charge in [-0.25, -0.2) is 0 Å². The summed E-state index contributed by atoms with van der Waals surface area (Å²) < 4.78 is 0. The first-order chi connectivity index (χ1) is 8.81. The fourth-order valence-corrected chi connectivity index (χ4v) is 2.38. The van der Waals surface area contributed by atoms with Crippen molar-refractivity contribution in [2.24, 2.45) is 0 Å². The molecule has 0 unspecified atom stereocenters. The number of allylic oxidation sites excluding steroid dienone is 2. The van der Waals surface area contributed by atoms with Gasteiger partial charge in [-0.1, -0.05) is 83.3 Å². The smallest absolute Gasteiger partial charge is 0.0323 e. The van der Waals surface area contributed by atoms with Crippen LogP contribution in [0.25, 0.3) is 0 Å². The zero-order chi connectivity index (χ0) is 13.5. The van der Waals surface area contributed by atoms with E-state index in [-0.39, 0.29) is 0 Å². The molecule has 0 aromatic heterocycles. The summed E-state index contributed by atoms with van der Waals surface area (Å²) in [6, 6.07) is 0. The van der Waals surface area contributed by atoms with Crippen molar-refractivity contribution in [3.8, 4) is 0 Å². The standard InChI is InChI=1S/C18H36/c1-4-6-8-10-12-14-16-18(3)17-15-13-11-9-7-5-2/h16H,4-15,17H2,1-3H3. The molecule has 0 aliphatic heterocycles. The van der Waals surface area contributed by atoms with E-state index in [0.29, 0.717) is 0 Å². The molecule has 0 aromatic rings. The Morgan fingerprint density at radius 2 is 1.17 bits per heavy atom. The number of hydrogen-bond donors (Lipinski definition) is 0. The molecule has 18 heavy (non-hydrogen) atoms. The molecule has 0 rings (SSSR count). The second kappa shape index (κ2) is 14.8. The molecule has 0 aliphatic carbocycles. The van der Waals surface area contributed by atoms with E-state index in [2.05, 4.69) is 26.8 Å². The van der Waals surface area contributed by atoms with Gasteiger partial charge in [0.1, 0.15) is 0 Å². The van der Waals surface area contributed by atoms with Crippen molar-refractivity contribution < 1.29 is 0 Å². The highest BCUT2D eigenvalue weighted by Gasteiger charge is 1.93. The van der Waals surface area contributed by atoms with Crippen molar-refractivity contribution in [1.82, 2.24) is 0 Å². The van der Waals surface area contributed by atoms with Crippen LogP contribution in [0.5, 0.6) is 0 Å². The van der Waals surface area contributed by atoms with Crippen molar-refractivity contribution in [3.05, 3.63) is 11.6 Å². The highest BCUT2D eigenvalue weighted by molar-refractivity contribution is 4.97. The van der Waals surface area contributed by atoms with Crippen LogP contribution in [0, 0.1) is 0 Å². The van der Waals surface area contributed by atoms with Crippen LogP contribution < -0.4 is 0 Å². The average molecular weight is 252 g/mol. The summed E-state index contributed by atoms with van der Waals surface area (Å²) in [6.07, 6.45) is 20.7. The molecule has 0 fully saturated rings. The number of hydrogen-bond acceptors (Lipinski definition) is 0. The van der Waals surface area contributed by atoms with Gasteiger partial charge < -0.3 is 0 Å².